The maximum Gasteiger partial charge on any atom is 0.277 e. The molecule has 0 spiro atoms. The Morgan fingerprint density at radius 1 is 1.00 bits per heavy atom. The first-order valence-electron chi connectivity index (χ1n) is 11.2. The van der Waals surface area contributed by atoms with E-state index in [0.717, 1.165) is 12.0 Å². The van der Waals surface area contributed by atoms with Crippen LogP contribution in [0.3, 0.4) is 0 Å². The summed E-state index contributed by atoms with van der Waals surface area (Å²) in [5.41, 5.74) is 0.384. The highest BCUT2D eigenvalue weighted by molar-refractivity contribution is 5.96. The zero-order valence-electron chi connectivity index (χ0n) is 18.0. The smallest absolute Gasteiger partial charge is 0.277 e. The van der Waals surface area contributed by atoms with Gasteiger partial charge < -0.3 is 10.0 Å². The second-order valence-corrected chi connectivity index (χ2v) is 9.29. The monoisotopic (exact) mass is 443 g/mol. The normalized spacial score (nSPS) is 27.7. The molecule has 2 fully saturated rings. The standard InChI is InChI=1S/C24H27F2N3O3/c1-27-19-8-7-17(15-9-12-24(25,26)13-10-15)20(16-5-3-2-4-6-16)29(19)28-14-11-18(30)22(31)21(28)23(27)32/h2-6,11,14-15,17,19-20,31H,7-10,12-13H2,1H3. The van der Waals surface area contributed by atoms with Crippen LogP contribution in [0, 0.1) is 11.8 Å². The van der Waals surface area contributed by atoms with Crippen LogP contribution >= 0.6 is 0 Å². The fourth-order valence-electron chi connectivity index (χ4n) is 5.91. The van der Waals surface area contributed by atoms with Crippen LogP contribution in [0.15, 0.2) is 47.4 Å². The van der Waals surface area contributed by atoms with E-state index in [1.807, 2.05) is 30.3 Å². The molecule has 3 aliphatic rings. The van der Waals surface area contributed by atoms with Crippen LogP contribution in [-0.4, -0.2) is 39.7 Å². The van der Waals surface area contributed by atoms with Crippen molar-refractivity contribution in [3.63, 3.8) is 0 Å². The number of nitrogens with zero attached hydrogens (tertiary/aromatic N) is 3. The number of halogens is 2. The second-order valence-electron chi connectivity index (χ2n) is 9.29. The van der Waals surface area contributed by atoms with Gasteiger partial charge in [0.2, 0.25) is 11.4 Å². The van der Waals surface area contributed by atoms with Gasteiger partial charge in [0.05, 0.1) is 6.04 Å². The Morgan fingerprint density at radius 2 is 1.69 bits per heavy atom. The van der Waals surface area contributed by atoms with Crippen molar-refractivity contribution in [1.29, 1.82) is 0 Å². The molecule has 8 heteroatoms. The van der Waals surface area contributed by atoms with E-state index in [-0.39, 0.29) is 42.6 Å². The van der Waals surface area contributed by atoms with Crippen LogP contribution in [0.5, 0.6) is 5.75 Å². The molecule has 3 unspecified atom stereocenters. The molecule has 1 amide bonds. The van der Waals surface area contributed by atoms with Gasteiger partial charge in [0.15, 0.2) is 11.4 Å². The Morgan fingerprint density at radius 3 is 2.38 bits per heavy atom. The van der Waals surface area contributed by atoms with Crippen LogP contribution < -0.4 is 10.4 Å². The molecular weight excluding hydrogens is 416 g/mol. The van der Waals surface area contributed by atoms with Gasteiger partial charge in [0.25, 0.3) is 5.91 Å². The number of aromatic nitrogens is 1. The number of alkyl halides is 2. The van der Waals surface area contributed by atoms with Gasteiger partial charge in [-0.2, -0.15) is 0 Å². The van der Waals surface area contributed by atoms with Gasteiger partial charge in [-0.1, -0.05) is 30.3 Å². The van der Waals surface area contributed by atoms with E-state index in [9.17, 15) is 23.5 Å². The van der Waals surface area contributed by atoms with E-state index in [0.29, 0.717) is 19.3 Å². The quantitative estimate of drug-likeness (QED) is 0.765. The van der Waals surface area contributed by atoms with Crippen LogP contribution in [-0.2, 0) is 0 Å². The van der Waals surface area contributed by atoms with E-state index in [1.165, 1.54) is 6.07 Å². The van der Waals surface area contributed by atoms with Gasteiger partial charge in [0, 0.05) is 32.2 Å². The second kappa shape index (κ2) is 7.60. The minimum atomic E-state index is -2.59. The molecule has 3 atom stereocenters. The zero-order chi connectivity index (χ0) is 22.6. The van der Waals surface area contributed by atoms with Crippen LogP contribution in [0.1, 0.15) is 60.6 Å². The summed E-state index contributed by atoms with van der Waals surface area (Å²) >= 11 is 0. The summed E-state index contributed by atoms with van der Waals surface area (Å²) in [6.45, 7) is 0. The van der Waals surface area contributed by atoms with Crippen molar-refractivity contribution >= 4 is 5.91 Å². The number of rotatable bonds is 2. The molecule has 6 nitrogen and oxygen atoms in total. The number of fused-ring (bicyclic) bond motifs is 3. The molecule has 0 radical (unpaired) electrons. The molecule has 1 aromatic heterocycles. The van der Waals surface area contributed by atoms with Crippen molar-refractivity contribution in [3.8, 4) is 5.75 Å². The van der Waals surface area contributed by atoms with Crippen LogP contribution in [0.25, 0.3) is 0 Å². The number of hydrogen-bond acceptors (Lipinski definition) is 4. The van der Waals surface area contributed by atoms with Crippen molar-refractivity contribution in [2.75, 3.05) is 12.1 Å². The molecule has 2 aliphatic heterocycles. The van der Waals surface area contributed by atoms with Gasteiger partial charge >= 0.3 is 0 Å². The molecule has 32 heavy (non-hydrogen) atoms. The third-order valence-electron chi connectivity index (χ3n) is 7.54. The number of aromatic hydroxyl groups is 1. The van der Waals surface area contributed by atoms with Gasteiger partial charge in [-0.25, -0.2) is 8.78 Å². The summed E-state index contributed by atoms with van der Waals surface area (Å²) in [5, 5.41) is 12.5. The minimum absolute atomic E-state index is 0.0481. The van der Waals surface area contributed by atoms with Crippen molar-refractivity contribution in [1.82, 2.24) is 9.58 Å². The van der Waals surface area contributed by atoms with Crippen molar-refractivity contribution < 1.29 is 18.7 Å². The Balaban J connectivity index is 1.63. The molecule has 1 aliphatic carbocycles. The summed E-state index contributed by atoms with van der Waals surface area (Å²) in [7, 11) is 1.68. The third kappa shape index (κ3) is 3.27. The van der Waals surface area contributed by atoms with Crippen LogP contribution in [0.4, 0.5) is 8.78 Å². The number of pyridine rings is 1. The number of amides is 1. The van der Waals surface area contributed by atoms with Gasteiger partial charge in [-0.15, -0.1) is 0 Å². The van der Waals surface area contributed by atoms with Gasteiger partial charge in [-0.05, 0) is 43.1 Å². The summed E-state index contributed by atoms with van der Waals surface area (Å²) in [5.74, 6) is -3.30. The molecule has 2 aromatic rings. The molecule has 1 aromatic carbocycles. The first-order chi connectivity index (χ1) is 15.3. The molecule has 1 N–H and O–H groups in total. The Bertz CT molecular complexity index is 1080. The lowest BCUT2D eigenvalue weighted by atomic mass is 9.70. The largest absolute Gasteiger partial charge is 0.502 e. The predicted molar refractivity (Wildman–Crippen MR) is 115 cm³/mol. The van der Waals surface area contributed by atoms with E-state index in [4.69, 9.17) is 0 Å². The molecule has 170 valence electrons. The lowest BCUT2D eigenvalue weighted by molar-refractivity contribution is -0.0585. The van der Waals surface area contributed by atoms with E-state index in [2.05, 4.69) is 5.01 Å². The van der Waals surface area contributed by atoms with Gasteiger partial charge in [0.1, 0.15) is 6.17 Å². The lowest BCUT2D eigenvalue weighted by Gasteiger charge is -2.55. The Labute approximate surface area is 185 Å². The highest BCUT2D eigenvalue weighted by atomic mass is 19.3. The van der Waals surface area contributed by atoms with E-state index < -0.39 is 23.0 Å². The first-order valence-corrected chi connectivity index (χ1v) is 11.2. The summed E-state index contributed by atoms with van der Waals surface area (Å²) < 4.78 is 29.4. The first kappa shape index (κ1) is 21.0. The number of carbonyl (C=O) groups is 1. The topological polar surface area (TPSA) is 65.8 Å². The van der Waals surface area contributed by atoms with Crippen LogP contribution in [0.2, 0.25) is 0 Å². The third-order valence-corrected chi connectivity index (χ3v) is 7.54. The fraction of sp³-hybridized carbons (Fsp3) is 0.500. The van der Waals surface area contributed by atoms with Crippen molar-refractivity contribution in [2.24, 2.45) is 11.8 Å². The van der Waals surface area contributed by atoms with Crippen molar-refractivity contribution in [3.05, 3.63) is 64.1 Å². The number of hydrogen-bond donors (Lipinski definition) is 1. The van der Waals surface area contributed by atoms with Gasteiger partial charge in [-0.3, -0.25) is 19.3 Å². The molecular formula is C24H27F2N3O3. The zero-order valence-corrected chi connectivity index (χ0v) is 18.0. The number of benzene rings is 1. The highest BCUT2D eigenvalue weighted by Gasteiger charge is 2.49. The average Bonchev–Trinajstić information content (AvgIpc) is 2.79. The summed E-state index contributed by atoms with van der Waals surface area (Å²) in [4.78, 5) is 26.7. The number of carbonyl (C=O) groups excluding carboxylic acids is 1. The molecule has 3 heterocycles. The SMILES string of the molecule is CN1C(=O)c2c(O)c(=O)ccn2N2C(c3ccccc3)C(C3CCC(F)(F)CC3)CCC12. The van der Waals surface area contributed by atoms with E-state index >= 15 is 0 Å². The summed E-state index contributed by atoms with van der Waals surface area (Å²) in [6.07, 6.45) is 3.54. The Hall–Kier alpha value is -2.90. The average molecular weight is 443 g/mol. The predicted octanol–water partition coefficient (Wildman–Crippen LogP) is 3.88. The molecule has 1 saturated heterocycles. The Kier molecular flexibility index (Phi) is 4.98. The molecule has 5 rings (SSSR count). The molecule has 1 saturated carbocycles. The lowest BCUT2D eigenvalue weighted by Crippen LogP contribution is -2.64. The molecule has 0 bridgehead atoms. The minimum Gasteiger partial charge on any atom is -0.502 e. The fourth-order valence-corrected chi connectivity index (χ4v) is 5.91. The maximum atomic E-state index is 13.9. The maximum absolute atomic E-state index is 13.9. The summed E-state index contributed by atoms with van der Waals surface area (Å²) in [6, 6.07) is 11.0. The van der Waals surface area contributed by atoms with Crippen molar-refractivity contribution in [2.45, 2.75) is 56.7 Å². The number of piperidine rings is 1. The highest BCUT2D eigenvalue weighted by Crippen LogP contribution is 2.49. The van der Waals surface area contributed by atoms with E-state index in [1.54, 1.807) is 22.8 Å².